The summed E-state index contributed by atoms with van der Waals surface area (Å²) in [6.07, 6.45) is 0.114. The van der Waals surface area contributed by atoms with Crippen LogP contribution < -0.4 is 15.0 Å². The van der Waals surface area contributed by atoms with E-state index in [4.69, 9.17) is 27.9 Å². The summed E-state index contributed by atoms with van der Waals surface area (Å²) in [5.74, 6) is 0.556. The van der Waals surface area contributed by atoms with Gasteiger partial charge in [0, 0.05) is 23.7 Å². The third-order valence-corrected chi connectivity index (χ3v) is 5.60. The Labute approximate surface area is 190 Å². The Bertz CT molecular complexity index is 1130. The fraction of sp³-hybridized carbons (Fsp3) is 0.167. The standard InChI is InChI=1S/C24H20Cl2N2O3/c1-15-3-2-4-20(11-15)31-19-8-6-18(7-9-19)27-24(30)16-12-23(29)28(14-16)22-13-17(25)5-10-21(22)26/h2-11,13,16H,12,14H2,1H3,(H,27,30)/t16-/m1/s1. The van der Waals surface area contributed by atoms with Crippen molar-refractivity contribution in [3.63, 3.8) is 0 Å². The van der Waals surface area contributed by atoms with Crippen LogP contribution in [0.25, 0.3) is 0 Å². The van der Waals surface area contributed by atoms with E-state index in [1.807, 2.05) is 31.2 Å². The molecule has 0 radical (unpaired) electrons. The average Bonchev–Trinajstić information content (AvgIpc) is 3.13. The fourth-order valence-electron chi connectivity index (χ4n) is 3.47. The molecule has 0 spiro atoms. The minimum atomic E-state index is -0.481. The van der Waals surface area contributed by atoms with E-state index in [1.54, 1.807) is 42.5 Å². The second-order valence-electron chi connectivity index (χ2n) is 7.43. The van der Waals surface area contributed by atoms with E-state index in [2.05, 4.69) is 5.32 Å². The zero-order chi connectivity index (χ0) is 22.0. The van der Waals surface area contributed by atoms with Gasteiger partial charge in [0.15, 0.2) is 0 Å². The first kappa shape index (κ1) is 21.2. The van der Waals surface area contributed by atoms with Gasteiger partial charge in [-0.25, -0.2) is 0 Å². The number of halogens is 2. The van der Waals surface area contributed by atoms with Crippen molar-refractivity contribution in [1.82, 2.24) is 0 Å². The van der Waals surface area contributed by atoms with Crippen LogP contribution in [0.1, 0.15) is 12.0 Å². The Balaban J connectivity index is 1.39. The second kappa shape index (κ2) is 9.00. The molecule has 1 fully saturated rings. The SMILES string of the molecule is Cc1cccc(Oc2ccc(NC(=O)[C@@H]3CC(=O)N(c4cc(Cl)ccc4Cl)C3)cc2)c1. The molecule has 1 aliphatic heterocycles. The lowest BCUT2D eigenvalue weighted by Gasteiger charge is -2.18. The van der Waals surface area contributed by atoms with Gasteiger partial charge in [-0.05, 0) is 67.1 Å². The molecule has 0 unspecified atom stereocenters. The van der Waals surface area contributed by atoms with Crippen LogP contribution in [0.5, 0.6) is 11.5 Å². The Morgan fingerprint density at radius 2 is 1.81 bits per heavy atom. The van der Waals surface area contributed by atoms with E-state index in [9.17, 15) is 9.59 Å². The average molecular weight is 455 g/mol. The lowest BCUT2D eigenvalue weighted by Crippen LogP contribution is -2.28. The first-order chi connectivity index (χ1) is 14.9. The number of hydrogen-bond donors (Lipinski definition) is 1. The van der Waals surface area contributed by atoms with Gasteiger partial charge in [0.1, 0.15) is 11.5 Å². The van der Waals surface area contributed by atoms with Gasteiger partial charge in [0.2, 0.25) is 11.8 Å². The van der Waals surface area contributed by atoms with Crippen molar-refractivity contribution < 1.29 is 14.3 Å². The summed E-state index contributed by atoms with van der Waals surface area (Å²) in [5.41, 5.74) is 2.26. The molecule has 1 aliphatic rings. The summed E-state index contributed by atoms with van der Waals surface area (Å²) in [7, 11) is 0. The van der Waals surface area contributed by atoms with Crippen LogP contribution in [0.3, 0.4) is 0 Å². The number of nitrogens with zero attached hydrogens (tertiary/aromatic N) is 1. The first-order valence-corrected chi connectivity index (χ1v) is 10.6. The number of hydrogen-bond acceptors (Lipinski definition) is 3. The number of ether oxygens (including phenoxy) is 1. The summed E-state index contributed by atoms with van der Waals surface area (Å²) >= 11 is 12.2. The number of carbonyl (C=O) groups is 2. The molecule has 0 saturated carbocycles. The van der Waals surface area contributed by atoms with Gasteiger partial charge in [-0.2, -0.15) is 0 Å². The summed E-state index contributed by atoms with van der Waals surface area (Å²) < 4.78 is 5.83. The summed E-state index contributed by atoms with van der Waals surface area (Å²) in [6, 6.07) is 19.8. The van der Waals surface area contributed by atoms with Gasteiger partial charge < -0.3 is 15.0 Å². The maximum absolute atomic E-state index is 12.7. The van der Waals surface area contributed by atoms with Crippen molar-refractivity contribution in [2.45, 2.75) is 13.3 Å². The molecule has 2 amide bonds. The van der Waals surface area contributed by atoms with Crippen LogP contribution in [-0.2, 0) is 9.59 Å². The van der Waals surface area contributed by atoms with Gasteiger partial charge in [0.05, 0.1) is 16.6 Å². The fourth-order valence-corrected chi connectivity index (χ4v) is 3.86. The molecular weight excluding hydrogens is 435 g/mol. The zero-order valence-corrected chi connectivity index (χ0v) is 18.3. The summed E-state index contributed by atoms with van der Waals surface area (Å²) in [4.78, 5) is 26.7. The Kier molecular flexibility index (Phi) is 6.16. The number of benzene rings is 3. The molecule has 31 heavy (non-hydrogen) atoms. The predicted molar refractivity (Wildman–Crippen MR) is 123 cm³/mol. The number of anilines is 2. The van der Waals surface area contributed by atoms with Gasteiger partial charge in [-0.1, -0.05) is 35.3 Å². The molecule has 1 saturated heterocycles. The van der Waals surface area contributed by atoms with Crippen LogP contribution in [0.4, 0.5) is 11.4 Å². The van der Waals surface area contributed by atoms with Crippen LogP contribution >= 0.6 is 23.2 Å². The molecule has 0 aromatic heterocycles. The van der Waals surface area contributed by atoms with Crippen molar-refractivity contribution in [3.05, 3.63) is 82.3 Å². The van der Waals surface area contributed by atoms with E-state index in [0.717, 1.165) is 11.3 Å². The second-order valence-corrected chi connectivity index (χ2v) is 8.28. The van der Waals surface area contributed by atoms with Crippen molar-refractivity contribution in [3.8, 4) is 11.5 Å². The first-order valence-electron chi connectivity index (χ1n) is 9.80. The highest BCUT2D eigenvalue weighted by Gasteiger charge is 2.36. The molecule has 0 aliphatic carbocycles. The predicted octanol–water partition coefficient (Wildman–Crippen LogP) is 6.09. The highest BCUT2D eigenvalue weighted by atomic mass is 35.5. The third kappa shape index (κ3) is 5.01. The van der Waals surface area contributed by atoms with Gasteiger partial charge in [0.25, 0.3) is 0 Å². The monoisotopic (exact) mass is 454 g/mol. The molecule has 0 bridgehead atoms. The third-order valence-electron chi connectivity index (χ3n) is 5.04. The highest BCUT2D eigenvalue weighted by Crippen LogP contribution is 2.34. The number of carbonyl (C=O) groups excluding carboxylic acids is 2. The highest BCUT2D eigenvalue weighted by molar-refractivity contribution is 6.36. The largest absolute Gasteiger partial charge is 0.457 e. The van der Waals surface area contributed by atoms with Crippen LogP contribution in [0.2, 0.25) is 10.0 Å². The molecule has 1 atom stereocenters. The molecule has 3 aromatic rings. The van der Waals surface area contributed by atoms with Crippen LogP contribution in [0, 0.1) is 12.8 Å². The molecule has 1 N–H and O–H groups in total. The lowest BCUT2D eigenvalue weighted by molar-refractivity contribution is -0.122. The van der Waals surface area contributed by atoms with Gasteiger partial charge in [-0.15, -0.1) is 0 Å². The topological polar surface area (TPSA) is 58.6 Å². The zero-order valence-electron chi connectivity index (χ0n) is 16.8. The van der Waals surface area contributed by atoms with Crippen molar-refractivity contribution in [2.24, 2.45) is 5.92 Å². The number of aryl methyl sites for hydroxylation is 1. The van der Waals surface area contributed by atoms with E-state index >= 15 is 0 Å². The van der Waals surface area contributed by atoms with E-state index < -0.39 is 5.92 Å². The summed E-state index contributed by atoms with van der Waals surface area (Å²) in [5, 5.41) is 3.77. The number of rotatable bonds is 5. The Morgan fingerprint density at radius 1 is 1.03 bits per heavy atom. The number of amides is 2. The van der Waals surface area contributed by atoms with Gasteiger partial charge >= 0.3 is 0 Å². The summed E-state index contributed by atoms with van der Waals surface area (Å²) in [6.45, 7) is 2.25. The Morgan fingerprint density at radius 3 is 2.55 bits per heavy atom. The van der Waals surface area contributed by atoms with E-state index in [0.29, 0.717) is 27.2 Å². The van der Waals surface area contributed by atoms with Crippen molar-refractivity contribution in [2.75, 3.05) is 16.8 Å². The quantitative estimate of drug-likeness (QED) is 0.507. The normalized spacial score (nSPS) is 15.8. The molecule has 1 heterocycles. The molecule has 158 valence electrons. The molecule has 5 nitrogen and oxygen atoms in total. The molecule has 4 rings (SSSR count). The molecule has 3 aromatic carbocycles. The maximum atomic E-state index is 12.7. The minimum Gasteiger partial charge on any atom is -0.457 e. The van der Waals surface area contributed by atoms with E-state index in [-0.39, 0.29) is 24.8 Å². The minimum absolute atomic E-state index is 0.114. The van der Waals surface area contributed by atoms with Crippen LogP contribution in [-0.4, -0.2) is 18.4 Å². The van der Waals surface area contributed by atoms with Gasteiger partial charge in [-0.3, -0.25) is 9.59 Å². The van der Waals surface area contributed by atoms with Crippen molar-refractivity contribution >= 4 is 46.4 Å². The number of nitrogens with one attached hydrogen (secondary N) is 1. The molecular formula is C24H20Cl2N2O3. The molecule has 7 heteroatoms. The maximum Gasteiger partial charge on any atom is 0.229 e. The van der Waals surface area contributed by atoms with Crippen molar-refractivity contribution in [1.29, 1.82) is 0 Å². The van der Waals surface area contributed by atoms with E-state index in [1.165, 1.54) is 4.90 Å². The lowest BCUT2D eigenvalue weighted by atomic mass is 10.1. The Hall–Kier alpha value is -3.02. The van der Waals surface area contributed by atoms with Crippen LogP contribution in [0.15, 0.2) is 66.7 Å². The smallest absolute Gasteiger partial charge is 0.229 e.